The van der Waals surface area contributed by atoms with Crippen LogP contribution in [0.4, 0.5) is 0 Å². The zero-order valence-electron chi connectivity index (χ0n) is 15.4. The van der Waals surface area contributed by atoms with E-state index < -0.39 is 7.82 Å². The average Bonchev–Trinajstić information content (AvgIpc) is 2.53. The van der Waals surface area contributed by atoms with Crippen molar-refractivity contribution in [2.45, 2.75) is 64.5 Å². The molecule has 144 valence electrons. The standard InChI is InChI=1S/C16H33O6PS/c1-5-6-7-8-11-21-12-15(13-22-23(18,19)20-4)24-16(17)10-9-14(2)3/h14-15H,5-13H2,1-4H3,(H,18,19)/t15-/m0/s1. The second-order valence-corrected chi connectivity index (χ2v) is 9.05. The Morgan fingerprint density at radius 1 is 1.21 bits per heavy atom. The first kappa shape index (κ1) is 24.1. The third kappa shape index (κ3) is 14.4. The first-order chi connectivity index (χ1) is 11.3. The van der Waals surface area contributed by atoms with Gasteiger partial charge in [-0.15, -0.1) is 0 Å². The lowest BCUT2D eigenvalue weighted by molar-refractivity contribution is -0.111. The van der Waals surface area contributed by atoms with Crippen molar-refractivity contribution in [2.75, 3.05) is 26.9 Å². The molecule has 24 heavy (non-hydrogen) atoms. The number of ether oxygens (including phenoxy) is 1. The van der Waals surface area contributed by atoms with E-state index in [4.69, 9.17) is 9.26 Å². The third-order valence-corrected chi connectivity index (χ3v) is 5.33. The Balaban J connectivity index is 4.27. The van der Waals surface area contributed by atoms with Gasteiger partial charge in [0.25, 0.3) is 0 Å². The minimum Gasteiger partial charge on any atom is -0.380 e. The fourth-order valence-electron chi connectivity index (χ4n) is 1.84. The fourth-order valence-corrected chi connectivity index (χ4v) is 3.33. The van der Waals surface area contributed by atoms with E-state index in [9.17, 15) is 14.3 Å². The number of phosphoric ester groups is 1. The highest BCUT2D eigenvalue weighted by Crippen LogP contribution is 2.42. The van der Waals surface area contributed by atoms with Crippen LogP contribution < -0.4 is 0 Å². The van der Waals surface area contributed by atoms with Crippen LogP contribution >= 0.6 is 19.6 Å². The molecule has 0 bridgehead atoms. The highest BCUT2D eigenvalue weighted by atomic mass is 32.2. The number of rotatable bonds is 15. The van der Waals surface area contributed by atoms with Crippen LogP contribution in [0.5, 0.6) is 0 Å². The summed E-state index contributed by atoms with van der Waals surface area (Å²) < 4.78 is 26.3. The van der Waals surface area contributed by atoms with E-state index in [0.717, 1.165) is 38.1 Å². The summed E-state index contributed by atoms with van der Waals surface area (Å²) in [6.45, 7) is 7.16. The molecule has 0 aliphatic heterocycles. The molecule has 6 nitrogen and oxygen atoms in total. The molecule has 0 spiro atoms. The molecule has 0 saturated heterocycles. The van der Waals surface area contributed by atoms with Gasteiger partial charge in [0.2, 0.25) is 0 Å². The lowest BCUT2D eigenvalue weighted by atomic mass is 10.1. The van der Waals surface area contributed by atoms with Crippen LogP contribution in [0.2, 0.25) is 0 Å². The van der Waals surface area contributed by atoms with Crippen LogP contribution in [0, 0.1) is 5.92 Å². The summed E-state index contributed by atoms with van der Waals surface area (Å²) in [5.41, 5.74) is 0. The molecule has 0 heterocycles. The van der Waals surface area contributed by atoms with Gasteiger partial charge in [0, 0.05) is 20.1 Å². The van der Waals surface area contributed by atoms with Gasteiger partial charge in [-0.1, -0.05) is 51.8 Å². The lowest BCUT2D eigenvalue weighted by Gasteiger charge is -2.18. The maximum absolute atomic E-state index is 12.0. The molecule has 0 saturated carbocycles. The van der Waals surface area contributed by atoms with Crippen LogP contribution in [-0.4, -0.2) is 42.2 Å². The maximum Gasteiger partial charge on any atom is 0.471 e. The summed E-state index contributed by atoms with van der Waals surface area (Å²) in [6.07, 6.45) is 5.75. The molecule has 0 amide bonds. The first-order valence-electron chi connectivity index (χ1n) is 8.61. The molecule has 0 aliphatic rings. The smallest absolute Gasteiger partial charge is 0.380 e. The van der Waals surface area contributed by atoms with Crippen LogP contribution in [-0.2, 0) is 23.1 Å². The van der Waals surface area contributed by atoms with Gasteiger partial charge >= 0.3 is 7.82 Å². The van der Waals surface area contributed by atoms with Gasteiger partial charge in [-0.3, -0.25) is 13.8 Å². The molecule has 0 rings (SSSR count). The Morgan fingerprint density at radius 3 is 2.50 bits per heavy atom. The molecule has 0 aromatic rings. The fraction of sp³-hybridized carbons (Fsp3) is 0.938. The zero-order valence-corrected chi connectivity index (χ0v) is 17.1. The summed E-state index contributed by atoms with van der Waals surface area (Å²) >= 11 is 1.13. The van der Waals surface area contributed by atoms with Gasteiger partial charge in [0.1, 0.15) is 0 Å². The second kappa shape index (κ2) is 14.3. The number of hydrogen-bond donors (Lipinski definition) is 1. The van der Waals surface area contributed by atoms with E-state index in [-0.39, 0.29) is 17.0 Å². The van der Waals surface area contributed by atoms with E-state index in [0.29, 0.717) is 25.6 Å². The molecule has 8 heteroatoms. The number of phosphoric acid groups is 1. The van der Waals surface area contributed by atoms with E-state index in [1.54, 1.807) is 0 Å². The van der Waals surface area contributed by atoms with Crippen molar-refractivity contribution in [2.24, 2.45) is 5.92 Å². The Kier molecular flexibility index (Phi) is 14.3. The van der Waals surface area contributed by atoms with Crippen molar-refractivity contribution in [1.29, 1.82) is 0 Å². The topological polar surface area (TPSA) is 82.1 Å². The lowest BCUT2D eigenvalue weighted by Crippen LogP contribution is -2.21. The highest BCUT2D eigenvalue weighted by molar-refractivity contribution is 8.14. The number of carbonyl (C=O) groups excluding carboxylic acids is 1. The van der Waals surface area contributed by atoms with E-state index in [1.807, 2.05) is 0 Å². The number of carbonyl (C=O) groups is 1. The van der Waals surface area contributed by atoms with Crippen molar-refractivity contribution >= 4 is 24.7 Å². The van der Waals surface area contributed by atoms with Crippen molar-refractivity contribution in [1.82, 2.24) is 0 Å². The van der Waals surface area contributed by atoms with Crippen molar-refractivity contribution in [3.8, 4) is 0 Å². The first-order valence-corrected chi connectivity index (χ1v) is 11.0. The minimum absolute atomic E-state index is 0.0528. The zero-order chi connectivity index (χ0) is 18.4. The molecule has 1 unspecified atom stereocenters. The van der Waals surface area contributed by atoms with Gasteiger partial charge in [-0.25, -0.2) is 4.57 Å². The summed E-state index contributed by atoms with van der Waals surface area (Å²) in [7, 11) is -2.92. The SMILES string of the molecule is CCCCCCOC[C@@H](COP(=O)(O)OC)SC(=O)CCC(C)C. The summed E-state index contributed by atoms with van der Waals surface area (Å²) in [6, 6.07) is 0. The molecule has 0 aromatic carbocycles. The van der Waals surface area contributed by atoms with Crippen LogP contribution in [0.3, 0.4) is 0 Å². The Labute approximate surface area is 150 Å². The van der Waals surface area contributed by atoms with Gasteiger partial charge in [-0.05, 0) is 18.8 Å². The Bertz CT molecular complexity index is 378. The molecule has 2 atom stereocenters. The van der Waals surface area contributed by atoms with Gasteiger partial charge < -0.3 is 9.63 Å². The molecule has 0 fully saturated rings. The van der Waals surface area contributed by atoms with Crippen LogP contribution in [0.15, 0.2) is 0 Å². The van der Waals surface area contributed by atoms with Crippen molar-refractivity contribution in [3.05, 3.63) is 0 Å². The molecular weight excluding hydrogens is 351 g/mol. The Morgan fingerprint density at radius 2 is 1.92 bits per heavy atom. The average molecular weight is 384 g/mol. The van der Waals surface area contributed by atoms with Gasteiger partial charge in [-0.2, -0.15) is 0 Å². The maximum atomic E-state index is 12.0. The number of hydrogen-bond acceptors (Lipinski definition) is 6. The Hall–Kier alpha value is 0.0900. The minimum atomic E-state index is -4.04. The highest BCUT2D eigenvalue weighted by Gasteiger charge is 2.23. The van der Waals surface area contributed by atoms with E-state index >= 15 is 0 Å². The normalized spacial score (nSPS) is 15.4. The van der Waals surface area contributed by atoms with Crippen LogP contribution in [0.1, 0.15) is 59.3 Å². The largest absolute Gasteiger partial charge is 0.471 e. The molecule has 0 aromatic heterocycles. The van der Waals surface area contributed by atoms with Crippen molar-refractivity contribution < 1.29 is 28.0 Å². The molecular formula is C16H33O6PS. The molecule has 0 aliphatic carbocycles. The van der Waals surface area contributed by atoms with E-state index in [1.165, 1.54) is 12.8 Å². The predicted octanol–water partition coefficient (Wildman–Crippen LogP) is 4.41. The molecule has 1 N–H and O–H groups in total. The number of unbranched alkanes of at least 4 members (excludes halogenated alkanes) is 3. The van der Waals surface area contributed by atoms with Gasteiger partial charge in [0.05, 0.1) is 18.5 Å². The third-order valence-electron chi connectivity index (χ3n) is 3.32. The quantitative estimate of drug-likeness (QED) is 0.331. The van der Waals surface area contributed by atoms with E-state index in [2.05, 4.69) is 25.3 Å². The molecule has 0 radical (unpaired) electrons. The predicted molar refractivity (Wildman–Crippen MR) is 98.2 cm³/mol. The summed E-state index contributed by atoms with van der Waals surface area (Å²) in [4.78, 5) is 21.3. The summed E-state index contributed by atoms with van der Waals surface area (Å²) in [5, 5.41) is -0.261. The monoisotopic (exact) mass is 384 g/mol. The van der Waals surface area contributed by atoms with Crippen LogP contribution in [0.25, 0.3) is 0 Å². The second-order valence-electron chi connectivity index (χ2n) is 6.13. The number of thioether (sulfide) groups is 1. The van der Waals surface area contributed by atoms with Crippen molar-refractivity contribution in [3.63, 3.8) is 0 Å². The summed E-state index contributed by atoms with van der Waals surface area (Å²) in [5.74, 6) is 0.463. The van der Waals surface area contributed by atoms with Gasteiger partial charge in [0.15, 0.2) is 5.12 Å².